The summed E-state index contributed by atoms with van der Waals surface area (Å²) in [6.07, 6.45) is 2.09. The second kappa shape index (κ2) is 2.46. The summed E-state index contributed by atoms with van der Waals surface area (Å²) in [5.74, 6) is 1.20. The van der Waals surface area contributed by atoms with Crippen molar-refractivity contribution in [2.75, 3.05) is 0 Å². The van der Waals surface area contributed by atoms with E-state index in [4.69, 9.17) is 4.74 Å². The van der Waals surface area contributed by atoms with Crippen LogP contribution in [0.5, 0.6) is 0 Å². The van der Waals surface area contributed by atoms with Crippen LogP contribution in [0.25, 0.3) is 0 Å². The highest BCUT2D eigenvalue weighted by Gasteiger charge is 2.52. The largest absolute Gasteiger partial charge is 0.387 e. The van der Waals surface area contributed by atoms with Gasteiger partial charge in [0.2, 0.25) is 0 Å². The first-order valence-corrected chi connectivity index (χ1v) is 4.91. The molecule has 1 heterocycles. The van der Waals surface area contributed by atoms with Crippen LogP contribution in [0.3, 0.4) is 0 Å². The summed E-state index contributed by atoms with van der Waals surface area (Å²) in [4.78, 5) is 0. The third kappa shape index (κ3) is 1.01. The molecule has 2 nitrogen and oxygen atoms in total. The minimum atomic E-state index is -0.517. The molecule has 0 aromatic rings. The zero-order valence-corrected chi connectivity index (χ0v) is 8.08. The summed E-state index contributed by atoms with van der Waals surface area (Å²) < 4.78 is 5.72. The highest BCUT2D eigenvalue weighted by atomic mass is 16.5. The van der Waals surface area contributed by atoms with Crippen LogP contribution in [-0.4, -0.2) is 22.9 Å². The molecule has 70 valence electrons. The first-order chi connectivity index (χ1) is 5.53. The van der Waals surface area contributed by atoms with Crippen molar-refractivity contribution in [1.82, 2.24) is 0 Å². The summed E-state index contributed by atoms with van der Waals surface area (Å²) in [7, 11) is 0. The monoisotopic (exact) mass is 170 g/mol. The van der Waals surface area contributed by atoms with Gasteiger partial charge in [-0.15, -0.1) is 0 Å². The lowest BCUT2D eigenvalue weighted by molar-refractivity contribution is -0.0345. The van der Waals surface area contributed by atoms with E-state index in [1.54, 1.807) is 0 Å². The van der Waals surface area contributed by atoms with Gasteiger partial charge in [0.05, 0.1) is 17.8 Å². The molecule has 0 radical (unpaired) electrons. The van der Waals surface area contributed by atoms with E-state index in [0.717, 1.165) is 12.8 Å². The van der Waals surface area contributed by atoms with Gasteiger partial charge in [-0.2, -0.15) is 0 Å². The molecule has 0 spiro atoms. The molecule has 1 N–H and O–H groups in total. The quantitative estimate of drug-likeness (QED) is 0.598. The van der Waals surface area contributed by atoms with Crippen LogP contribution < -0.4 is 0 Å². The molecule has 5 atom stereocenters. The Kier molecular flexibility index (Phi) is 1.74. The smallest absolute Gasteiger partial charge is 0.0933 e. The molecular weight excluding hydrogens is 152 g/mol. The SMILES string of the molecule is CC1CC2(O)CC(OC2C)C1C. The number of aliphatic hydroxyl groups is 1. The molecule has 2 rings (SSSR count). The summed E-state index contributed by atoms with van der Waals surface area (Å²) in [6, 6.07) is 0. The molecule has 12 heavy (non-hydrogen) atoms. The van der Waals surface area contributed by atoms with Gasteiger partial charge in [0.15, 0.2) is 0 Å². The zero-order chi connectivity index (χ0) is 8.93. The van der Waals surface area contributed by atoms with E-state index >= 15 is 0 Å². The van der Waals surface area contributed by atoms with Crippen LogP contribution in [-0.2, 0) is 4.74 Å². The Bertz CT molecular complexity index is 192. The van der Waals surface area contributed by atoms with E-state index in [-0.39, 0.29) is 6.10 Å². The van der Waals surface area contributed by atoms with Crippen LogP contribution in [0.1, 0.15) is 33.6 Å². The van der Waals surface area contributed by atoms with E-state index in [0.29, 0.717) is 17.9 Å². The number of rotatable bonds is 0. The molecule has 1 saturated heterocycles. The normalized spacial score (nSPS) is 59.0. The van der Waals surface area contributed by atoms with Crippen molar-refractivity contribution in [3.05, 3.63) is 0 Å². The molecule has 2 aliphatic rings. The Morgan fingerprint density at radius 1 is 1.25 bits per heavy atom. The first kappa shape index (κ1) is 8.52. The number of ether oxygens (including phenoxy) is 1. The van der Waals surface area contributed by atoms with Gasteiger partial charge in [-0.3, -0.25) is 0 Å². The standard InChI is InChI=1S/C10H18O2/c1-6-4-10(11)5-9(7(6)2)12-8(10)3/h6-9,11H,4-5H2,1-3H3. The highest BCUT2D eigenvalue weighted by molar-refractivity contribution is 5.01. The maximum atomic E-state index is 10.2. The third-order valence-electron chi connectivity index (χ3n) is 3.85. The maximum Gasteiger partial charge on any atom is 0.0933 e. The van der Waals surface area contributed by atoms with E-state index in [1.165, 1.54) is 0 Å². The summed E-state index contributed by atoms with van der Waals surface area (Å²) >= 11 is 0. The fourth-order valence-electron chi connectivity index (χ4n) is 2.62. The average Bonchev–Trinajstić information content (AvgIpc) is 2.22. The van der Waals surface area contributed by atoms with E-state index in [9.17, 15) is 5.11 Å². The molecule has 0 aromatic carbocycles. The topological polar surface area (TPSA) is 29.5 Å². The Labute approximate surface area is 73.9 Å². The average molecular weight is 170 g/mol. The minimum absolute atomic E-state index is 0.0369. The lowest BCUT2D eigenvalue weighted by Gasteiger charge is -2.35. The zero-order valence-electron chi connectivity index (χ0n) is 8.08. The van der Waals surface area contributed by atoms with Crippen molar-refractivity contribution < 1.29 is 9.84 Å². The Morgan fingerprint density at radius 2 is 1.92 bits per heavy atom. The van der Waals surface area contributed by atoms with Gasteiger partial charge in [-0.1, -0.05) is 13.8 Å². The van der Waals surface area contributed by atoms with Crippen molar-refractivity contribution in [3.8, 4) is 0 Å². The lowest BCUT2D eigenvalue weighted by atomic mass is 9.72. The van der Waals surface area contributed by atoms with Crippen molar-refractivity contribution in [1.29, 1.82) is 0 Å². The van der Waals surface area contributed by atoms with Crippen molar-refractivity contribution >= 4 is 0 Å². The summed E-state index contributed by atoms with van der Waals surface area (Å²) in [6.45, 7) is 6.43. The van der Waals surface area contributed by atoms with Crippen molar-refractivity contribution in [3.63, 3.8) is 0 Å². The Hall–Kier alpha value is -0.0800. The number of hydrogen-bond acceptors (Lipinski definition) is 2. The molecule has 1 aliphatic carbocycles. The van der Waals surface area contributed by atoms with Gasteiger partial charge in [-0.05, 0) is 25.2 Å². The molecule has 2 bridgehead atoms. The van der Waals surface area contributed by atoms with Crippen LogP contribution in [0, 0.1) is 11.8 Å². The van der Waals surface area contributed by atoms with Crippen LogP contribution in [0.15, 0.2) is 0 Å². The molecule has 2 fully saturated rings. The molecule has 1 aliphatic heterocycles. The number of hydrogen-bond donors (Lipinski definition) is 1. The summed E-state index contributed by atoms with van der Waals surface area (Å²) in [5.41, 5.74) is -0.517. The highest BCUT2D eigenvalue weighted by Crippen LogP contribution is 2.46. The van der Waals surface area contributed by atoms with Crippen LogP contribution in [0.4, 0.5) is 0 Å². The van der Waals surface area contributed by atoms with E-state index < -0.39 is 5.60 Å². The third-order valence-corrected chi connectivity index (χ3v) is 3.85. The Balaban J connectivity index is 2.22. The molecular formula is C10H18O2. The maximum absolute atomic E-state index is 10.2. The molecule has 0 aromatic heterocycles. The van der Waals surface area contributed by atoms with Gasteiger partial charge in [-0.25, -0.2) is 0 Å². The van der Waals surface area contributed by atoms with Gasteiger partial charge >= 0.3 is 0 Å². The van der Waals surface area contributed by atoms with Gasteiger partial charge < -0.3 is 9.84 Å². The second-order valence-corrected chi connectivity index (χ2v) is 4.66. The first-order valence-electron chi connectivity index (χ1n) is 4.91. The van der Waals surface area contributed by atoms with Crippen LogP contribution >= 0.6 is 0 Å². The number of fused-ring (bicyclic) bond motifs is 2. The van der Waals surface area contributed by atoms with Crippen molar-refractivity contribution in [2.24, 2.45) is 11.8 Å². The van der Waals surface area contributed by atoms with E-state index in [1.807, 2.05) is 6.92 Å². The summed E-state index contributed by atoms with van der Waals surface area (Å²) in [5, 5.41) is 10.2. The van der Waals surface area contributed by atoms with Gasteiger partial charge in [0.25, 0.3) is 0 Å². The van der Waals surface area contributed by atoms with Crippen molar-refractivity contribution in [2.45, 2.75) is 51.4 Å². The predicted octanol–water partition coefficient (Wildman–Crippen LogP) is 1.57. The lowest BCUT2D eigenvalue weighted by Crippen LogP contribution is -2.42. The predicted molar refractivity (Wildman–Crippen MR) is 46.8 cm³/mol. The molecule has 5 unspecified atom stereocenters. The fraction of sp³-hybridized carbons (Fsp3) is 1.00. The van der Waals surface area contributed by atoms with Gasteiger partial charge in [0, 0.05) is 6.42 Å². The van der Waals surface area contributed by atoms with Gasteiger partial charge in [0.1, 0.15) is 0 Å². The minimum Gasteiger partial charge on any atom is -0.387 e. The Morgan fingerprint density at radius 3 is 2.58 bits per heavy atom. The van der Waals surface area contributed by atoms with Crippen LogP contribution in [0.2, 0.25) is 0 Å². The fourth-order valence-corrected chi connectivity index (χ4v) is 2.62. The molecule has 0 amide bonds. The molecule has 1 saturated carbocycles. The molecule has 2 heteroatoms. The van der Waals surface area contributed by atoms with E-state index in [2.05, 4.69) is 13.8 Å². The second-order valence-electron chi connectivity index (χ2n) is 4.66.